The van der Waals surface area contributed by atoms with Crippen molar-refractivity contribution in [1.29, 1.82) is 0 Å². The maximum Gasteiger partial charge on any atom is 0.307 e. The fourth-order valence-corrected chi connectivity index (χ4v) is 2.81. The summed E-state index contributed by atoms with van der Waals surface area (Å²) in [5.41, 5.74) is 2.43. The molecule has 138 valence electrons. The number of rotatable bonds is 7. The minimum atomic E-state index is -0.431. The van der Waals surface area contributed by atoms with Crippen molar-refractivity contribution in [2.75, 3.05) is 0 Å². The predicted molar refractivity (Wildman–Crippen MR) is 99.8 cm³/mol. The fraction of sp³-hybridized carbons (Fsp3) is 0.238. The molecule has 0 spiro atoms. The summed E-state index contributed by atoms with van der Waals surface area (Å²) in [5, 5.41) is 3.92. The number of nitrogens with one attached hydrogen (secondary N) is 1. The first-order valence-electron chi connectivity index (χ1n) is 8.89. The second-order valence-electron chi connectivity index (χ2n) is 6.63. The van der Waals surface area contributed by atoms with Crippen molar-refractivity contribution < 1.29 is 18.4 Å². The topological polar surface area (TPSA) is 77.0 Å². The van der Waals surface area contributed by atoms with Crippen LogP contribution in [0.3, 0.4) is 0 Å². The first kappa shape index (κ1) is 17.1. The molecular formula is C21H20N2O4. The van der Waals surface area contributed by atoms with E-state index in [4.69, 9.17) is 13.6 Å². The van der Waals surface area contributed by atoms with Crippen molar-refractivity contribution in [2.24, 2.45) is 11.0 Å². The van der Waals surface area contributed by atoms with Crippen molar-refractivity contribution >= 4 is 12.1 Å². The Morgan fingerprint density at radius 3 is 2.78 bits per heavy atom. The maximum atomic E-state index is 12.1. The Labute approximate surface area is 156 Å². The number of carbonyl (C=O) groups is 1. The summed E-state index contributed by atoms with van der Waals surface area (Å²) in [6, 6.07) is 16.5. The summed E-state index contributed by atoms with van der Waals surface area (Å²) in [6.07, 6.45) is 2.65. The molecule has 2 heterocycles. The second-order valence-corrected chi connectivity index (χ2v) is 6.63. The van der Waals surface area contributed by atoms with Crippen molar-refractivity contribution in [3.8, 4) is 5.75 Å². The van der Waals surface area contributed by atoms with Crippen LogP contribution in [0, 0.1) is 5.92 Å². The van der Waals surface area contributed by atoms with Gasteiger partial charge >= 0.3 is 5.91 Å². The predicted octanol–water partition coefficient (Wildman–Crippen LogP) is 4.34. The number of para-hydroxylation sites is 1. The maximum absolute atomic E-state index is 12.1. The van der Waals surface area contributed by atoms with Crippen LogP contribution in [-0.2, 0) is 6.61 Å². The molecule has 6 heteroatoms. The van der Waals surface area contributed by atoms with E-state index in [0.717, 1.165) is 17.9 Å². The minimum Gasteiger partial charge on any atom is -0.486 e. The number of furan rings is 2. The Morgan fingerprint density at radius 2 is 2.00 bits per heavy atom. The molecule has 6 nitrogen and oxygen atoms in total. The van der Waals surface area contributed by atoms with Crippen molar-refractivity contribution in [3.05, 3.63) is 77.6 Å². The van der Waals surface area contributed by atoms with Crippen LogP contribution in [0.15, 0.2) is 68.5 Å². The highest BCUT2D eigenvalue weighted by Gasteiger charge is 2.36. The number of nitrogens with zero attached hydrogens (tertiary/aromatic N) is 1. The summed E-state index contributed by atoms with van der Waals surface area (Å²) in [5.74, 6) is 3.82. The molecule has 0 saturated heterocycles. The Balaban J connectivity index is 1.28. The molecule has 1 amide bonds. The third kappa shape index (κ3) is 4.28. The van der Waals surface area contributed by atoms with E-state index in [1.807, 2.05) is 42.5 Å². The van der Waals surface area contributed by atoms with Crippen LogP contribution in [0.1, 0.15) is 47.1 Å². The van der Waals surface area contributed by atoms with E-state index in [2.05, 4.69) is 17.5 Å². The average molecular weight is 364 g/mol. The molecule has 0 aliphatic heterocycles. The monoisotopic (exact) mass is 364 g/mol. The molecule has 1 aliphatic rings. The summed E-state index contributed by atoms with van der Waals surface area (Å²) in [6.45, 7) is 2.44. The smallest absolute Gasteiger partial charge is 0.307 e. The molecule has 0 unspecified atom stereocenters. The summed E-state index contributed by atoms with van der Waals surface area (Å²) >= 11 is 0. The van der Waals surface area contributed by atoms with Gasteiger partial charge in [0.05, 0.1) is 6.21 Å². The molecule has 1 saturated carbocycles. The minimum absolute atomic E-state index is 0.172. The molecule has 3 aromatic rings. The van der Waals surface area contributed by atoms with Gasteiger partial charge in [0.1, 0.15) is 29.6 Å². The van der Waals surface area contributed by atoms with Crippen LogP contribution in [0.25, 0.3) is 0 Å². The van der Waals surface area contributed by atoms with Crippen LogP contribution in [0.4, 0.5) is 0 Å². The molecular weight excluding hydrogens is 344 g/mol. The van der Waals surface area contributed by atoms with Gasteiger partial charge in [-0.3, -0.25) is 4.79 Å². The lowest BCUT2D eigenvalue weighted by Crippen LogP contribution is -2.16. The van der Waals surface area contributed by atoms with Crippen LogP contribution < -0.4 is 10.2 Å². The van der Waals surface area contributed by atoms with Crippen molar-refractivity contribution in [1.82, 2.24) is 5.43 Å². The Kier molecular flexibility index (Phi) is 4.78. The van der Waals surface area contributed by atoms with Crippen LogP contribution in [0.5, 0.6) is 5.75 Å². The van der Waals surface area contributed by atoms with Gasteiger partial charge in [-0.1, -0.05) is 25.1 Å². The van der Waals surface area contributed by atoms with Crippen LogP contribution in [-0.4, -0.2) is 12.1 Å². The highest BCUT2D eigenvalue weighted by molar-refractivity contribution is 5.92. The number of carbonyl (C=O) groups excluding carboxylic acids is 1. The Hall–Kier alpha value is -3.28. The van der Waals surface area contributed by atoms with Gasteiger partial charge in [-0.15, -0.1) is 0 Å². The van der Waals surface area contributed by atoms with Gasteiger partial charge in [0.25, 0.3) is 0 Å². The highest BCUT2D eigenvalue weighted by Crippen LogP contribution is 2.47. The average Bonchev–Trinajstić information content (AvgIpc) is 3.09. The number of ether oxygens (including phenoxy) is 1. The highest BCUT2D eigenvalue weighted by atomic mass is 16.5. The lowest BCUT2D eigenvalue weighted by Gasteiger charge is -2.03. The van der Waals surface area contributed by atoms with Gasteiger partial charge in [0.2, 0.25) is 0 Å². The molecule has 4 rings (SSSR count). The number of hydrazone groups is 1. The van der Waals surface area contributed by atoms with E-state index in [1.165, 1.54) is 6.21 Å². The third-order valence-electron chi connectivity index (χ3n) is 4.49. The second kappa shape index (κ2) is 7.53. The summed E-state index contributed by atoms with van der Waals surface area (Å²) < 4.78 is 16.8. The Bertz CT molecular complexity index is 942. The van der Waals surface area contributed by atoms with E-state index in [1.54, 1.807) is 12.1 Å². The molecule has 1 aliphatic carbocycles. The van der Waals surface area contributed by atoms with Crippen LogP contribution >= 0.6 is 0 Å². The van der Waals surface area contributed by atoms with Crippen molar-refractivity contribution in [2.45, 2.75) is 25.9 Å². The summed E-state index contributed by atoms with van der Waals surface area (Å²) in [7, 11) is 0. The van der Waals surface area contributed by atoms with Gasteiger partial charge in [-0.05, 0) is 48.7 Å². The molecule has 0 radical (unpaired) electrons. The normalized spacial score (nSPS) is 18.6. The third-order valence-corrected chi connectivity index (χ3v) is 4.49. The quantitative estimate of drug-likeness (QED) is 0.500. The first-order valence-corrected chi connectivity index (χ1v) is 8.89. The van der Waals surface area contributed by atoms with E-state index in [9.17, 15) is 4.79 Å². The van der Waals surface area contributed by atoms with E-state index in [-0.39, 0.29) is 12.4 Å². The zero-order valence-electron chi connectivity index (χ0n) is 14.9. The largest absolute Gasteiger partial charge is 0.486 e. The molecule has 2 atom stereocenters. The number of hydrogen-bond acceptors (Lipinski definition) is 5. The molecule has 1 fully saturated rings. The molecule has 1 aromatic carbocycles. The molecule has 27 heavy (non-hydrogen) atoms. The fourth-order valence-electron chi connectivity index (χ4n) is 2.81. The lowest BCUT2D eigenvalue weighted by atomic mass is 10.3. The lowest BCUT2D eigenvalue weighted by molar-refractivity contribution is 0.0923. The van der Waals surface area contributed by atoms with Gasteiger partial charge < -0.3 is 13.6 Å². The molecule has 2 aromatic heterocycles. The van der Waals surface area contributed by atoms with Gasteiger partial charge in [-0.2, -0.15) is 5.10 Å². The molecule has 1 N–H and O–H groups in total. The van der Waals surface area contributed by atoms with Gasteiger partial charge in [0.15, 0.2) is 5.76 Å². The van der Waals surface area contributed by atoms with Gasteiger partial charge in [-0.25, -0.2) is 5.43 Å². The first-order chi connectivity index (χ1) is 13.2. The molecule has 0 bridgehead atoms. The van der Waals surface area contributed by atoms with E-state index in [0.29, 0.717) is 23.4 Å². The van der Waals surface area contributed by atoms with Crippen LogP contribution in [0.2, 0.25) is 0 Å². The number of amides is 1. The van der Waals surface area contributed by atoms with Gasteiger partial charge in [0, 0.05) is 5.92 Å². The number of hydrogen-bond donors (Lipinski definition) is 1. The Morgan fingerprint density at radius 1 is 1.19 bits per heavy atom. The van der Waals surface area contributed by atoms with Crippen molar-refractivity contribution in [3.63, 3.8) is 0 Å². The number of benzene rings is 1. The zero-order valence-corrected chi connectivity index (χ0v) is 14.9. The summed E-state index contributed by atoms with van der Waals surface area (Å²) in [4.78, 5) is 12.1. The SMILES string of the molecule is C[C@H]1C[C@@H]1c1ccc(/C=N\NC(=O)c2ccc(COc3ccccc3)o2)o1. The van der Waals surface area contributed by atoms with E-state index < -0.39 is 5.91 Å². The zero-order chi connectivity index (χ0) is 18.6. The van der Waals surface area contributed by atoms with E-state index >= 15 is 0 Å². The standard InChI is InChI=1S/C21H20N2O4/c1-14-11-18(14)19-9-7-16(26-19)12-22-23-21(24)20-10-8-17(27-20)13-25-15-5-3-2-4-6-15/h2-10,12,14,18H,11,13H2,1H3,(H,23,24)/b22-12-/t14-,18-/m0/s1.